The lowest BCUT2D eigenvalue weighted by atomic mass is 10.0. The van der Waals surface area contributed by atoms with E-state index < -0.39 is 18.3 Å². The summed E-state index contributed by atoms with van der Waals surface area (Å²) in [5.41, 5.74) is 1.35. The zero-order valence-corrected chi connectivity index (χ0v) is 11.3. The van der Waals surface area contributed by atoms with Crippen molar-refractivity contribution in [1.29, 1.82) is 0 Å². The molecule has 1 aromatic carbocycles. The predicted octanol–water partition coefficient (Wildman–Crippen LogP) is 3.26. The Morgan fingerprint density at radius 1 is 1.19 bits per heavy atom. The average molecular weight is 296 g/mol. The Bertz CT molecular complexity index is 661. The van der Waals surface area contributed by atoms with Gasteiger partial charge < -0.3 is 9.67 Å². The second-order valence-electron chi connectivity index (χ2n) is 5.22. The molecule has 0 bridgehead atoms. The van der Waals surface area contributed by atoms with E-state index in [1.54, 1.807) is 4.57 Å². The van der Waals surface area contributed by atoms with Crippen LogP contribution < -0.4 is 0 Å². The first kappa shape index (κ1) is 14.1. The number of rotatable bonds is 2. The van der Waals surface area contributed by atoms with E-state index in [2.05, 4.69) is 4.98 Å². The van der Waals surface area contributed by atoms with Gasteiger partial charge in [-0.2, -0.15) is 13.2 Å². The Balaban J connectivity index is 2.16. The molecule has 21 heavy (non-hydrogen) atoms. The molecule has 3 rings (SSSR count). The minimum atomic E-state index is -4.47. The zero-order chi connectivity index (χ0) is 15.0. The maximum atomic E-state index is 13.3. The number of aryl methyl sites for hydroxylation is 1. The molecule has 1 N–H and O–H groups in total. The molecule has 1 heterocycles. The molecular formula is C15H15F3N2O. The molecule has 0 amide bonds. The molecule has 3 nitrogen and oxygen atoms in total. The first-order chi connectivity index (χ1) is 10.0. The molecule has 2 aromatic rings. The van der Waals surface area contributed by atoms with Crippen LogP contribution in [0.4, 0.5) is 13.2 Å². The van der Waals surface area contributed by atoms with Crippen LogP contribution in [-0.2, 0) is 25.6 Å². The number of halogens is 3. The van der Waals surface area contributed by atoms with Crippen molar-refractivity contribution in [2.45, 2.75) is 38.5 Å². The maximum absolute atomic E-state index is 13.3. The molecular weight excluding hydrogens is 281 g/mol. The number of hydrogen-bond acceptors (Lipinski definition) is 2. The highest BCUT2D eigenvalue weighted by molar-refractivity contribution is 5.47. The summed E-state index contributed by atoms with van der Waals surface area (Å²) in [6.07, 6.45) is 0.562. The van der Waals surface area contributed by atoms with Gasteiger partial charge in [-0.1, -0.05) is 6.07 Å². The van der Waals surface area contributed by atoms with E-state index >= 15 is 0 Å². The second-order valence-corrected chi connectivity index (χ2v) is 5.22. The van der Waals surface area contributed by atoms with E-state index in [4.69, 9.17) is 5.11 Å². The van der Waals surface area contributed by atoms with Crippen LogP contribution in [0.2, 0.25) is 0 Å². The number of hydrogen-bond donors (Lipinski definition) is 1. The molecule has 0 radical (unpaired) electrons. The highest BCUT2D eigenvalue weighted by Gasteiger charge is 2.35. The van der Waals surface area contributed by atoms with E-state index in [1.165, 1.54) is 18.5 Å². The number of imidazole rings is 1. The number of alkyl halides is 3. The van der Waals surface area contributed by atoms with Crippen LogP contribution in [0.5, 0.6) is 0 Å². The smallest absolute Gasteiger partial charge is 0.392 e. The number of aromatic nitrogens is 2. The van der Waals surface area contributed by atoms with E-state index in [0.29, 0.717) is 0 Å². The van der Waals surface area contributed by atoms with Gasteiger partial charge in [-0.3, -0.25) is 0 Å². The Kier molecular flexibility index (Phi) is 3.49. The molecule has 0 saturated carbocycles. The fourth-order valence-corrected chi connectivity index (χ4v) is 2.80. The van der Waals surface area contributed by atoms with Crippen LogP contribution in [0.3, 0.4) is 0 Å². The summed E-state index contributed by atoms with van der Waals surface area (Å²) in [6.45, 7) is -0.411. The average Bonchev–Trinajstić information content (AvgIpc) is 2.89. The first-order valence-corrected chi connectivity index (χ1v) is 6.87. The number of aliphatic hydroxyl groups is 1. The fraction of sp³-hybridized carbons (Fsp3) is 0.400. The largest absolute Gasteiger partial charge is 0.418 e. The Morgan fingerprint density at radius 2 is 1.95 bits per heavy atom. The summed E-state index contributed by atoms with van der Waals surface area (Å²) in [7, 11) is 0. The summed E-state index contributed by atoms with van der Waals surface area (Å²) < 4.78 is 41.4. The van der Waals surface area contributed by atoms with Gasteiger partial charge in [-0.05, 0) is 43.4 Å². The molecule has 6 heteroatoms. The molecule has 1 aromatic heterocycles. The van der Waals surface area contributed by atoms with Gasteiger partial charge in [0.05, 0.1) is 29.9 Å². The van der Waals surface area contributed by atoms with Crippen molar-refractivity contribution in [2.24, 2.45) is 0 Å². The monoisotopic (exact) mass is 296 g/mol. The molecule has 0 saturated heterocycles. The molecule has 112 valence electrons. The number of benzene rings is 1. The number of nitrogens with zero attached hydrogens (tertiary/aromatic N) is 2. The van der Waals surface area contributed by atoms with Crippen LogP contribution in [-0.4, -0.2) is 14.7 Å². The van der Waals surface area contributed by atoms with E-state index in [1.807, 2.05) is 0 Å². The number of aliphatic hydroxyl groups excluding tert-OH is 1. The normalized spacial score (nSPS) is 15.0. The summed E-state index contributed by atoms with van der Waals surface area (Å²) >= 11 is 0. The van der Waals surface area contributed by atoms with Gasteiger partial charge in [0.2, 0.25) is 0 Å². The quantitative estimate of drug-likeness (QED) is 0.923. The van der Waals surface area contributed by atoms with Crippen LogP contribution in [0.15, 0.2) is 24.5 Å². The van der Waals surface area contributed by atoms with Gasteiger partial charge in [0.1, 0.15) is 0 Å². The third-order valence-electron chi connectivity index (χ3n) is 3.84. The van der Waals surface area contributed by atoms with Crippen LogP contribution in [0, 0.1) is 0 Å². The van der Waals surface area contributed by atoms with E-state index in [0.717, 1.165) is 43.1 Å². The van der Waals surface area contributed by atoms with Gasteiger partial charge in [-0.25, -0.2) is 4.98 Å². The highest BCUT2D eigenvalue weighted by atomic mass is 19.4. The Morgan fingerprint density at radius 3 is 2.67 bits per heavy atom. The molecule has 0 fully saturated rings. The topological polar surface area (TPSA) is 38.0 Å². The van der Waals surface area contributed by atoms with Gasteiger partial charge >= 0.3 is 6.18 Å². The van der Waals surface area contributed by atoms with Crippen LogP contribution in [0.1, 0.15) is 35.4 Å². The summed E-state index contributed by atoms with van der Waals surface area (Å²) in [6, 6.07) is 3.93. The van der Waals surface area contributed by atoms with E-state index in [9.17, 15) is 13.2 Å². The predicted molar refractivity (Wildman–Crippen MR) is 71.1 cm³/mol. The molecule has 0 unspecified atom stereocenters. The molecule has 1 aliphatic carbocycles. The van der Waals surface area contributed by atoms with Crippen molar-refractivity contribution < 1.29 is 18.3 Å². The van der Waals surface area contributed by atoms with Crippen LogP contribution >= 0.6 is 0 Å². The van der Waals surface area contributed by atoms with Crippen molar-refractivity contribution in [3.8, 4) is 5.69 Å². The third kappa shape index (κ3) is 2.55. The van der Waals surface area contributed by atoms with Crippen molar-refractivity contribution in [3.05, 3.63) is 47.0 Å². The van der Waals surface area contributed by atoms with Crippen molar-refractivity contribution in [1.82, 2.24) is 9.55 Å². The zero-order valence-electron chi connectivity index (χ0n) is 11.3. The summed E-state index contributed by atoms with van der Waals surface area (Å²) in [5.74, 6) is 0. The lowest BCUT2D eigenvalue weighted by Crippen LogP contribution is -2.14. The van der Waals surface area contributed by atoms with E-state index in [-0.39, 0.29) is 11.3 Å². The third-order valence-corrected chi connectivity index (χ3v) is 3.84. The van der Waals surface area contributed by atoms with Gasteiger partial charge in [0.25, 0.3) is 0 Å². The summed E-state index contributed by atoms with van der Waals surface area (Å²) in [4.78, 5) is 4.25. The lowest BCUT2D eigenvalue weighted by molar-refractivity contribution is -0.137. The summed E-state index contributed by atoms with van der Waals surface area (Å²) in [5, 5.41) is 9.05. The first-order valence-electron chi connectivity index (χ1n) is 6.87. The molecule has 0 spiro atoms. The minimum absolute atomic E-state index is 0.0790. The van der Waals surface area contributed by atoms with Crippen molar-refractivity contribution >= 4 is 0 Å². The Hall–Kier alpha value is -1.82. The standard InChI is InChI=1S/C15H15F3N2O/c16-15(17,18)11-7-10(8-21)5-6-13(11)20-9-19-12-3-1-2-4-14(12)20/h5-7,9,21H,1-4,8H2. The molecule has 1 aliphatic rings. The molecule has 0 aliphatic heterocycles. The molecule has 0 atom stereocenters. The second kappa shape index (κ2) is 5.18. The minimum Gasteiger partial charge on any atom is -0.392 e. The van der Waals surface area contributed by atoms with Crippen molar-refractivity contribution in [2.75, 3.05) is 0 Å². The van der Waals surface area contributed by atoms with Crippen LogP contribution in [0.25, 0.3) is 5.69 Å². The SMILES string of the molecule is OCc1ccc(-n2cnc3c2CCCC3)c(C(F)(F)F)c1. The lowest BCUT2D eigenvalue weighted by Gasteiger charge is -2.18. The number of fused-ring (bicyclic) bond motifs is 1. The van der Waals surface area contributed by atoms with Gasteiger partial charge in [0.15, 0.2) is 0 Å². The Labute approximate surface area is 120 Å². The van der Waals surface area contributed by atoms with Crippen molar-refractivity contribution in [3.63, 3.8) is 0 Å². The van der Waals surface area contributed by atoms with Gasteiger partial charge in [-0.15, -0.1) is 0 Å². The van der Waals surface area contributed by atoms with Gasteiger partial charge in [0, 0.05) is 5.69 Å². The maximum Gasteiger partial charge on any atom is 0.418 e. The highest BCUT2D eigenvalue weighted by Crippen LogP contribution is 2.36. The fourth-order valence-electron chi connectivity index (χ4n) is 2.80.